The fraction of sp³-hybridized carbons (Fsp3) is 0.333. The van der Waals surface area contributed by atoms with Crippen molar-refractivity contribution in [1.82, 2.24) is 0 Å². The Morgan fingerprint density at radius 3 is 1.15 bits per heavy atom. The second kappa shape index (κ2) is 8.13. The topological polar surface area (TPSA) is 0 Å². The van der Waals surface area contributed by atoms with Gasteiger partial charge in [-0.2, -0.15) is 0 Å². The molecule has 0 saturated carbocycles. The molecule has 0 heteroatoms. The van der Waals surface area contributed by atoms with Crippen LogP contribution in [-0.4, -0.2) is 0 Å². The van der Waals surface area contributed by atoms with Gasteiger partial charge in [0.05, 0.1) is 0 Å². The van der Waals surface area contributed by atoms with Crippen molar-refractivity contribution >= 4 is 0 Å². The van der Waals surface area contributed by atoms with Crippen LogP contribution in [0.3, 0.4) is 0 Å². The number of benzene rings is 3. The van der Waals surface area contributed by atoms with E-state index in [4.69, 9.17) is 0 Å². The number of hydrogen-bond acceptors (Lipinski definition) is 0. The minimum Gasteiger partial charge on any atom is -0.0622 e. The molecule has 0 atom stereocenters. The Balaban J connectivity index is 2.49. The molecule has 3 aromatic carbocycles. The monoisotopic (exact) mass is 356 g/mol. The van der Waals surface area contributed by atoms with E-state index in [1.807, 2.05) is 0 Å². The molecule has 27 heavy (non-hydrogen) atoms. The molecule has 0 fully saturated rings. The van der Waals surface area contributed by atoms with E-state index in [-0.39, 0.29) is 0 Å². The van der Waals surface area contributed by atoms with Crippen molar-refractivity contribution < 1.29 is 0 Å². The van der Waals surface area contributed by atoms with Crippen molar-refractivity contribution in [2.75, 3.05) is 0 Å². The maximum Gasteiger partial charge on any atom is -0.0108 e. The Morgan fingerprint density at radius 1 is 0.481 bits per heavy atom. The van der Waals surface area contributed by atoms with E-state index >= 15 is 0 Å². The van der Waals surface area contributed by atoms with E-state index in [1.165, 1.54) is 38.9 Å². The second-order valence-electron chi connectivity index (χ2n) is 8.41. The van der Waals surface area contributed by atoms with Gasteiger partial charge in [-0.05, 0) is 56.7 Å². The number of hydrogen-bond donors (Lipinski definition) is 0. The zero-order chi connectivity index (χ0) is 19.6. The van der Waals surface area contributed by atoms with Gasteiger partial charge < -0.3 is 0 Å². The van der Waals surface area contributed by atoms with E-state index in [1.54, 1.807) is 0 Å². The highest BCUT2D eigenvalue weighted by atomic mass is 14.3. The molecule has 0 unspecified atom stereocenters. The predicted molar refractivity (Wildman–Crippen MR) is 120 cm³/mol. The highest BCUT2D eigenvalue weighted by molar-refractivity contribution is 5.84. The molecule has 0 radical (unpaired) electrons. The highest BCUT2D eigenvalue weighted by Crippen LogP contribution is 2.45. The van der Waals surface area contributed by atoms with Crippen LogP contribution in [0.4, 0.5) is 0 Å². The smallest absolute Gasteiger partial charge is 0.0108 e. The molecule has 3 rings (SSSR count). The minimum atomic E-state index is 0.451. The highest BCUT2D eigenvalue weighted by Gasteiger charge is 2.24. The zero-order valence-corrected chi connectivity index (χ0v) is 17.6. The van der Waals surface area contributed by atoms with E-state index < -0.39 is 0 Å². The van der Waals surface area contributed by atoms with Gasteiger partial charge in [-0.1, -0.05) is 108 Å². The van der Waals surface area contributed by atoms with Gasteiger partial charge in [-0.25, -0.2) is 0 Å². The summed E-state index contributed by atoms with van der Waals surface area (Å²) < 4.78 is 0. The fourth-order valence-electron chi connectivity index (χ4n) is 4.09. The lowest BCUT2D eigenvalue weighted by atomic mass is 9.76. The van der Waals surface area contributed by atoms with Gasteiger partial charge in [0.2, 0.25) is 0 Å². The lowest BCUT2D eigenvalue weighted by Gasteiger charge is -2.28. The zero-order valence-electron chi connectivity index (χ0n) is 17.6. The summed E-state index contributed by atoms with van der Waals surface area (Å²) in [4.78, 5) is 0. The van der Waals surface area contributed by atoms with E-state index in [0.29, 0.717) is 17.8 Å². The SMILES string of the molecule is CC(C)c1cc(C(C)C)c(-c2ccccc2)c(C(C)C)c1-c1ccccc1. The normalized spacial score (nSPS) is 11.6. The molecule has 3 aromatic rings. The molecule has 0 nitrogen and oxygen atoms in total. The van der Waals surface area contributed by atoms with Crippen molar-refractivity contribution in [1.29, 1.82) is 0 Å². The summed E-state index contributed by atoms with van der Waals surface area (Å²) in [6, 6.07) is 24.4. The predicted octanol–water partition coefficient (Wildman–Crippen LogP) is 8.39. The summed E-state index contributed by atoms with van der Waals surface area (Å²) in [5.74, 6) is 1.42. The van der Waals surface area contributed by atoms with Gasteiger partial charge in [-0.15, -0.1) is 0 Å². The maximum atomic E-state index is 2.48. The fourth-order valence-corrected chi connectivity index (χ4v) is 4.09. The van der Waals surface area contributed by atoms with Gasteiger partial charge in [0.15, 0.2) is 0 Å². The largest absolute Gasteiger partial charge is 0.0622 e. The van der Waals surface area contributed by atoms with Gasteiger partial charge in [0.25, 0.3) is 0 Å². The van der Waals surface area contributed by atoms with Crippen LogP contribution >= 0.6 is 0 Å². The molecular formula is C27H32. The molecule has 140 valence electrons. The van der Waals surface area contributed by atoms with Crippen molar-refractivity contribution in [2.24, 2.45) is 0 Å². The molecule has 0 aliphatic carbocycles. The van der Waals surface area contributed by atoms with Crippen LogP contribution in [0.1, 0.15) is 76.0 Å². The Morgan fingerprint density at radius 2 is 0.852 bits per heavy atom. The van der Waals surface area contributed by atoms with Crippen LogP contribution < -0.4 is 0 Å². The molecule has 0 saturated heterocycles. The number of rotatable bonds is 5. The van der Waals surface area contributed by atoms with Crippen LogP contribution in [0.5, 0.6) is 0 Å². The minimum absolute atomic E-state index is 0.451. The first-order valence-electron chi connectivity index (χ1n) is 10.2. The Hall–Kier alpha value is -2.34. The molecule has 0 spiro atoms. The molecule has 0 aromatic heterocycles. The molecule has 0 N–H and O–H groups in total. The third-order valence-corrected chi connectivity index (χ3v) is 5.37. The van der Waals surface area contributed by atoms with Crippen molar-refractivity contribution in [3.05, 3.63) is 83.4 Å². The first kappa shape index (κ1) is 19.4. The maximum absolute atomic E-state index is 2.48. The Kier molecular flexibility index (Phi) is 5.85. The molecular weight excluding hydrogens is 324 g/mol. The summed E-state index contributed by atoms with van der Waals surface area (Å²) in [7, 11) is 0. The van der Waals surface area contributed by atoms with Crippen LogP contribution in [0.25, 0.3) is 22.3 Å². The lowest BCUT2D eigenvalue weighted by molar-refractivity contribution is 0.811. The second-order valence-corrected chi connectivity index (χ2v) is 8.41. The third-order valence-electron chi connectivity index (χ3n) is 5.37. The summed E-state index contributed by atoms with van der Waals surface area (Å²) in [5.41, 5.74) is 9.95. The lowest BCUT2D eigenvalue weighted by Crippen LogP contribution is -2.07. The first-order chi connectivity index (χ1) is 12.9. The van der Waals surface area contributed by atoms with Gasteiger partial charge in [-0.3, -0.25) is 0 Å². The summed E-state index contributed by atoms with van der Waals surface area (Å²) in [6.07, 6.45) is 0. The van der Waals surface area contributed by atoms with Crippen LogP contribution in [-0.2, 0) is 0 Å². The average molecular weight is 357 g/mol. The van der Waals surface area contributed by atoms with E-state index in [9.17, 15) is 0 Å². The molecule has 0 heterocycles. The summed E-state index contributed by atoms with van der Waals surface area (Å²) in [6.45, 7) is 13.9. The van der Waals surface area contributed by atoms with Crippen LogP contribution in [0, 0.1) is 0 Å². The van der Waals surface area contributed by atoms with E-state index in [2.05, 4.69) is 108 Å². The van der Waals surface area contributed by atoms with Crippen LogP contribution in [0.2, 0.25) is 0 Å². The summed E-state index contributed by atoms with van der Waals surface area (Å²) >= 11 is 0. The van der Waals surface area contributed by atoms with E-state index in [0.717, 1.165) is 0 Å². The Labute approximate surface area is 165 Å². The van der Waals surface area contributed by atoms with Gasteiger partial charge in [0, 0.05) is 0 Å². The molecule has 0 bridgehead atoms. The quantitative estimate of drug-likeness (QED) is 0.430. The van der Waals surface area contributed by atoms with Crippen molar-refractivity contribution in [2.45, 2.75) is 59.3 Å². The molecule has 0 aliphatic rings. The Bertz CT molecular complexity index is 815. The van der Waals surface area contributed by atoms with Crippen molar-refractivity contribution in [3.8, 4) is 22.3 Å². The average Bonchev–Trinajstić information content (AvgIpc) is 2.67. The van der Waals surface area contributed by atoms with Crippen LogP contribution in [0.15, 0.2) is 66.7 Å². The third kappa shape index (κ3) is 3.86. The summed E-state index contributed by atoms with van der Waals surface area (Å²) in [5, 5.41) is 0. The first-order valence-corrected chi connectivity index (χ1v) is 10.2. The molecule has 0 amide bonds. The molecule has 0 aliphatic heterocycles. The van der Waals surface area contributed by atoms with Gasteiger partial charge in [0.1, 0.15) is 0 Å². The standard InChI is InChI=1S/C27H32/c1-18(2)23-17-24(19(3)4)27(22-15-11-8-12-16-22)25(20(5)6)26(23)21-13-9-7-10-14-21/h7-20H,1-6H3. The van der Waals surface area contributed by atoms with Gasteiger partial charge >= 0.3 is 0 Å². The van der Waals surface area contributed by atoms with Crippen molar-refractivity contribution in [3.63, 3.8) is 0 Å².